The molecule has 0 spiro atoms. The minimum Gasteiger partial charge on any atom is -0.449 e. The lowest BCUT2D eigenvalue weighted by Gasteiger charge is -2.16. The number of para-hydroxylation sites is 1. The third-order valence-electron chi connectivity index (χ3n) is 4.17. The summed E-state index contributed by atoms with van der Waals surface area (Å²) in [5, 5.41) is 2.15. The summed E-state index contributed by atoms with van der Waals surface area (Å²) in [5.41, 5.74) is 0.571. The molecule has 0 aliphatic carbocycles. The first-order chi connectivity index (χ1) is 13.6. The Balaban J connectivity index is 1.96. The molecule has 0 aliphatic heterocycles. The Bertz CT molecular complexity index is 887. The third kappa shape index (κ3) is 6.48. The Morgan fingerprint density at radius 1 is 1.00 bits per heavy atom. The van der Waals surface area contributed by atoms with Gasteiger partial charge < -0.3 is 10.1 Å². The van der Waals surface area contributed by atoms with Crippen molar-refractivity contribution in [3.63, 3.8) is 0 Å². The summed E-state index contributed by atoms with van der Waals surface area (Å²) in [6, 6.07) is 12.2. The molecule has 2 aromatic carbocycles. The average Bonchev–Trinajstić information content (AvgIpc) is 2.66. The fourth-order valence-electron chi connectivity index (χ4n) is 2.50. The second-order valence-electron chi connectivity index (χ2n) is 6.77. The van der Waals surface area contributed by atoms with Gasteiger partial charge in [0, 0.05) is 6.08 Å². The summed E-state index contributed by atoms with van der Waals surface area (Å²) in [7, 11) is 0. The van der Waals surface area contributed by atoms with Crippen molar-refractivity contribution in [2.24, 2.45) is 0 Å². The molecule has 1 atom stereocenters. The Labute approximate surface area is 167 Å². The number of nitrogens with one attached hydrogen (secondary N) is 1. The number of carbonyl (C=O) groups excluding carboxylic acids is 2. The number of anilines is 1. The number of carbonyl (C=O) groups is 2. The third-order valence-corrected chi connectivity index (χ3v) is 4.17. The van der Waals surface area contributed by atoms with Crippen LogP contribution in [-0.4, -0.2) is 18.0 Å². The molecule has 0 saturated carbocycles. The number of hydrogen-bond acceptors (Lipinski definition) is 3. The van der Waals surface area contributed by atoms with Gasteiger partial charge in [0.1, 0.15) is 0 Å². The maximum Gasteiger partial charge on any atom is 0.418 e. The van der Waals surface area contributed by atoms with Gasteiger partial charge in [-0.25, -0.2) is 4.79 Å². The molecule has 0 aliphatic rings. The molecule has 154 valence electrons. The van der Waals surface area contributed by atoms with Crippen LogP contribution >= 0.6 is 0 Å². The number of amides is 1. The van der Waals surface area contributed by atoms with E-state index in [1.165, 1.54) is 25.1 Å². The first-order valence-electron chi connectivity index (χ1n) is 9.03. The van der Waals surface area contributed by atoms with Crippen LogP contribution in [0.4, 0.5) is 18.9 Å². The summed E-state index contributed by atoms with van der Waals surface area (Å²) in [5.74, 6) is -1.24. The van der Waals surface area contributed by atoms with Gasteiger partial charge in [0.2, 0.25) is 0 Å². The molecule has 0 fully saturated rings. The lowest BCUT2D eigenvalue weighted by molar-refractivity contribution is -0.148. The molecule has 0 saturated heterocycles. The maximum absolute atomic E-state index is 13.0. The van der Waals surface area contributed by atoms with Crippen molar-refractivity contribution < 1.29 is 27.5 Å². The van der Waals surface area contributed by atoms with Crippen LogP contribution in [0.25, 0.3) is 6.08 Å². The quantitative estimate of drug-likeness (QED) is 0.516. The smallest absolute Gasteiger partial charge is 0.418 e. The van der Waals surface area contributed by atoms with Crippen molar-refractivity contribution in [1.29, 1.82) is 0 Å². The van der Waals surface area contributed by atoms with E-state index >= 15 is 0 Å². The summed E-state index contributed by atoms with van der Waals surface area (Å²) in [4.78, 5) is 24.0. The number of alkyl halides is 3. The number of esters is 1. The van der Waals surface area contributed by atoms with Gasteiger partial charge in [-0.05, 0) is 42.2 Å². The summed E-state index contributed by atoms with van der Waals surface area (Å²) >= 11 is 0. The molecule has 29 heavy (non-hydrogen) atoms. The van der Waals surface area contributed by atoms with Gasteiger partial charge in [-0.15, -0.1) is 0 Å². The average molecular weight is 405 g/mol. The number of ether oxygens (including phenoxy) is 1. The summed E-state index contributed by atoms with van der Waals surface area (Å²) in [6.07, 6.45) is -3.18. The number of hydrogen-bond donors (Lipinski definition) is 1. The summed E-state index contributed by atoms with van der Waals surface area (Å²) in [6.45, 7) is 5.43. The van der Waals surface area contributed by atoms with E-state index in [2.05, 4.69) is 19.2 Å². The van der Waals surface area contributed by atoms with E-state index in [1.54, 1.807) is 0 Å². The highest BCUT2D eigenvalue weighted by Crippen LogP contribution is 2.34. The molecule has 2 aromatic rings. The predicted molar refractivity (Wildman–Crippen MR) is 105 cm³/mol. The van der Waals surface area contributed by atoms with Crippen LogP contribution in [0.5, 0.6) is 0 Å². The van der Waals surface area contributed by atoms with Gasteiger partial charge in [-0.3, -0.25) is 4.79 Å². The molecule has 4 nitrogen and oxygen atoms in total. The maximum atomic E-state index is 13.0. The minimum absolute atomic E-state index is 0.389. The normalized spacial score (nSPS) is 12.8. The van der Waals surface area contributed by atoms with Crippen molar-refractivity contribution >= 4 is 23.6 Å². The van der Waals surface area contributed by atoms with Crippen molar-refractivity contribution in [2.45, 2.75) is 39.0 Å². The molecule has 0 bridgehead atoms. The highest BCUT2D eigenvalue weighted by atomic mass is 19.4. The van der Waals surface area contributed by atoms with Gasteiger partial charge in [0.05, 0.1) is 11.3 Å². The Hall–Kier alpha value is -3.09. The van der Waals surface area contributed by atoms with E-state index in [0.717, 1.165) is 29.3 Å². The van der Waals surface area contributed by atoms with Crippen molar-refractivity contribution in [3.05, 3.63) is 71.3 Å². The van der Waals surface area contributed by atoms with Gasteiger partial charge >= 0.3 is 12.1 Å². The molecule has 0 aromatic heterocycles. The van der Waals surface area contributed by atoms with Gasteiger partial charge in [-0.2, -0.15) is 13.2 Å². The van der Waals surface area contributed by atoms with Crippen LogP contribution in [0.3, 0.4) is 0 Å². The minimum atomic E-state index is -4.61. The number of benzene rings is 2. The SMILES string of the molecule is CC(C)c1ccc(/C=C/C(=O)O[C@@H](C)C(=O)Nc2ccccc2C(F)(F)F)cc1. The summed E-state index contributed by atoms with van der Waals surface area (Å²) < 4.78 is 44.0. The van der Waals surface area contributed by atoms with E-state index in [9.17, 15) is 22.8 Å². The Kier molecular flexibility index (Phi) is 7.20. The second-order valence-corrected chi connectivity index (χ2v) is 6.77. The van der Waals surface area contributed by atoms with E-state index in [-0.39, 0.29) is 0 Å². The van der Waals surface area contributed by atoms with Gasteiger partial charge in [0.15, 0.2) is 6.10 Å². The van der Waals surface area contributed by atoms with Crippen molar-refractivity contribution in [2.75, 3.05) is 5.32 Å². The van der Waals surface area contributed by atoms with E-state index in [0.29, 0.717) is 5.92 Å². The molecular weight excluding hydrogens is 383 g/mol. The Morgan fingerprint density at radius 3 is 2.21 bits per heavy atom. The molecular formula is C22H22F3NO3. The lowest BCUT2D eigenvalue weighted by atomic mass is 10.0. The Morgan fingerprint density at radius 2 is 1.62 bits per heavy atom. The zero-order valence-electron chi connectivity index (χ0n) is 16.3. The first kappa shape index (κ1) is 22.2. The standard InChI is InChI=1S/C22H22F3NO3/c1-14(2)17-11-8-16(9-12-17)10-13-20(27)29-15(3)21(28)26-19-7-5-4-6-18(19)22(23,24)25/h4-15H,1-3H3,(H,26,28)/b13-10+/t15-/m0/s1. The highest BCUT2D eigenvalue weighted by Gasteiger charge is 2.34. The van der Waals surface area contributed by atoms with Crippen LogP contribution in [0.1, 0.15) is 43.4 Å². The molecule has 1 N–H and O–H groups in total. The van der Waals surface area contributed by atoms with E-state index < -0.39 is 35.4 Å². The zero-order valence-corrected chi connectivity index (χ0v) is 16.3. The van der Waals surface area contributed by atoms with Crippen molar-refractivity contribution in [1.82, 2.24) is 0 Å². The van der Waals surface area contributed by atoms with Gasteiger partial charge in [-0.1, -0.05) is 50.2 Å². The van der Waals surface area contributed by atoms with Crippen LogP contribution in [0.15, 0.2) is 54.6 Å². The first-order valence-corrected chi connectivity index (χ1v) is 9.03. The molecule has 0 radical (unpaired) electrons. The van der Waals surface area contributed by atoms with E-state index in [4.69, 9.17) is 4.74 Å². The number of halogens is 3. The molecule has 7 heteroatoms. The van der Waals surface area contributed by atoms with Crippen LogP contribution in [0, 0.1) is 0 Å². The van der Waals surface area contributed by atoms with Crippen LogP contribution < -0.4 is 5.32 Å². The van der Waals surface area contributed by atoms with Crippen molar-refractivity contribution in [3.8, 4) is 0 Å². The molecule has 2 rings (SSSR count). The fourth-order valence-corrected chi connectivity index (χ4v) is 2.50. The van der Waals surface area contributed by atoms with Crippen LogP contribution in [-0.2, 0) is 20.5 Å². The second kappa shape index (κ2) is 9.41. The fraction of sp³-hybridized carbons (Fsp3) is 0.273. The number of rotatable bonds is 6. The van der Waals surface area contributed by atoms with Gasteiger partial charge in [0.25, 0.3) is 5.91 Å². The lowest BCUT2D eigenvalue weighted by Crippen LogP contribution is -2.30. The largest absolute Gasteiger partial charge is 0.449 e. The van der Waals surface area contributed by atoms with Crippen LogP contribution in [0.2, 0.25) is 0 Å². The molecule has 0 unspecified atom stereocenters. The topological polar surface area (TPSA) is 55.4 Å². The molecule has 1 amide bonds. The highest BCUT2D eigenvalue weighted by molar-refractivity contribution is 5.97. The predicted octanol–water partition coefficient (Wildman–Crippen LogP) is 5.41. The monoisotopic (exact) mass is 405 g/mol. The molecule has 0 heterocycles. The zero-order chi connectivity index (χ0) is 21.6. The van der Waals surface area contributed by atoms with E-state index in [1.807, 2.05) is 24.3 Å².